The standard InChI is InChI=1S/C17H17N3/c1-2-5-14-13(4-1)12-19-15-6-3-7-16(17(14)15)20-10-8-18-9-11-20/h1-7,12,18H,8-11H2. The second kappa shape index (κ2) is 4.76. The van der Waals surface area contributed by atoms with Crippen LogP contribution in [-0.4, -0.2) is 31.2 Å². The van der Waals surface area contributed by atoms with E-state index in [0.717, 1.165) is 31.7 Å². The fourth-order valence-electron chi connectivity index (χ4n) is 3.06. The molecule has 3 aromatic rings. The number of rotatable bonds is 1. The normalized spacial score (nSPS) is 15.9. The first-order valence-corrected chi connectivity index (χ1v) is 7.16. The summed E-state index contributed by atoms with van der Waals surface area (Å²) in [6, 6.07) is 15.0. The third kappa shape index (κ3) is 1.82. The summed E-state index contributed by atoms with van der Waals surface area (Å²) in [7, 11) is 0. The van der Waals surface area contributed by atoms with Crippen LogP contribution in [0.5, 0.6) is 0 Å². The van der Waals surface area contributed by atoms with Crippen molar-refractivity contribution in [2.75, 3.05) is 31.1 Å². The Hall–Kier alpha value is -2.13. The number of pyridine rings is 1. The molecule has 1 aromatic heterocycles. The molecule has 0 aliphatic carbocycles. The molecule has 1 N–H and O–H groups in total. The van der Waals surface area contributed by atoms with Crippen molar-refractivity contribution in [1.29, 1.82) is 0 Å². The molecule has 2 aromatic carbocycles. The second-order valence-corrected chi connectivity index (χ2v) is 5.25. The van der Waals surface area contributed by atoms with Crippen LogP contribution in [0.3, 0.4) is 0 Å². The molecule has 1 fully saturated rings. The van der Waals surface area contributed by atoms with E-state index in [1.165, 1.54) is 21.8 Å². The maximum Gasteiger partial charge on any atom is 0.0729 e. The van der Waals surface area contributed by atoms with Crippen LogP contribution in [0.15, 0.2) is 48.7 Å². The summed E-state index contributed by atoms with van der Waals surface area (Å²) < 4.78 is 0. The van der Waals surface area contributed by atoms with Gasteiger partial charge in [-0.25, -0.2) is 0 Å². The molecular weight excluding hydrogens is 246 g/mol. The van der Waals surface area contributed by atoms with Crippen LogP contribution >= 0.6 is 0 Å². The molecule has 1 aliphatic rings. The molecule has 100 valence electrons. The molecule has 3 nitrogen and oxygen atoms in total. The highest BCUT2D eigenvalue weighted by Crippen LogP contribution is 2.32. The van der Waals surface area contributed by atoms with Gasteiger partial charge in [-0.1, -0.05) is 30.3 Å². The average molecular weight is 263 g/mol. The van der Waals surface area contributed by atoms with E-state index >= 15 is 0 Å². The number of nitrogens with one attached hydrogen (secondary N) is 1. The van der Waals surface area contributed by atoms with Gasteiger partial charge in [0.1, 0.15) is 0 Å². The highest BCUT2D eigenvalue weighted by Gasteiger charge is 2.14. The van der Waals surface area contributed by atoms with Crippen LogP contribution in [0.4, 0.5) is 5.69 Å². The van der Waals surface area contributed by atoms with Crippen molar-refractivity contribution in [3.05, 3.63) is 48.7 Å². The van der Waals surface area contributed by atoms with E-state index in [9.17, 15) is 0 Å². The van der Waals surface area contributed by atoms with Gasteiger partial charge in [-0.2, -0.15) is 0 Å². The summed E-state index contributed by atoms with van der Waals surface area (Å²) in [4.78, 5) is 7.09. The number of hydrogen-bond donors (Lipinski definition) is 1. The highest BCUT2D eigenvalue weighted by molar-refractivity contribution is 6.11. The van der Waals surface area contributed by atoms with Crippen molar-refractivity contribution in [3.63, 3.8) is 0 Å². The van der Waals surface area contributed by atoms with Crippen LogP contribution in [0, 0.1) is 0 Å². The van der Waals surface area contributed by atoms with Gasteiger partial charge in [0, 0.05) is 48.8 Å². The zero-order valence-electron chi connectivity index (χ0n) is 11.3. The van der Waals surface area contributed by atoms with Crippen LogP contribution in [-0.2, 0) is 0 Å². The van der Waals surface area contributed by atoms with Gasteiger partial charge < -0.3 is 10.2 Å². The molecule has 20 heavy (non-hydrogen) atoms. The van der Waals surface area contributed by atoms with Gasteiger partial charge in [0.2, 0.25) is 0 Å². The van der Waals surface area contributed by atoms with E-state index in [1.807, 2.05) is 6.20 Å². The molecule has 3 heteroatoms. The van der Waals surface area contributed by atoms with Crippen molar-refractivity contribution in [3.8, 4) is 0 Å². The second-order valence-electron chi connectivity index (χ2n) is 5.25. The predicted octanol–water partition coefficient (Wildman–Crippen LogP) is 2.80. The minimum Gasteiger partial charge on any atom is -0.368 e. The molecule has 0 saturated carbocycles. The first kappa shape index (κ1) is 11.7. The van der Waals surface area contributed by atoms with Gasteiger partial charge in [0.15, 0.2) is 0 Å². The maximum absolute atomic E-state index is 4.62. The Bertz CT molecular complexity index is 760. The predicted molar refractivity (Wildman–Crippen MR) is 84.3 cm³/mol. The van der Waals surface area contributed by atoms with Crippen LogP contribution in [0.25, 0.3) is 21.7 Å². The Balaban J connectivity index is 2.02. The van der Waals surface area contributed by atoms with Crippen LogP contribution in [0.2, 0.25) is 0 Å². The molecule has 1 aliphatic heterocycles. The Morgan fingerprint density at radius 2 is 1.80 bits per heavy atom. The molecule has 0 bridgehead atoms. The van der Waals surface area contributed by atoms with E-state index < -0.39 is 0 Å². The minimum atomic E-state index is 1.05. The third-order valence-electron chi connectivity index (χ3n) is 4.05. The van der Waals surface area contributed by atoms with Gasteiger partial charge in [-0.05, 0) is 17.5 Å². The zero-order valence-corrected chi connectivity index (χ0v) is 11.3. The van der Waals surface area contributed by atoms with Crippen molar-refractivity contribution in [2.24, 2.45) is 0 Å². The average Bonchev–Trinajstić information content (AvgIpc) is 2.55. The molecule has 0 amide bonds. The summed E-state index contributed by atoms with van der Waals surface area (Å²) >= 11 is 0. The summed E-state index contributed by atoms with van der Waals surface area (Å²) in [6.45, 7) is 4.22. The quantitative estimate of drug-likeness (QED) is 0.684. The number of fused-ring (bicyclic) bond motifs is 3. The lowest BCUT2D eigenvalue weighted by Crippen LogP contribution is -2.43. The van der Waals surface area contributed by atoms with E-state index in [2.05, 4.69) is 57.7 Å². The molecule has 0 spiro atoms. The molecule has 1 saturated heterocycles. The molecule has 2 heterocycles. The lowest BCUT2D eigenvalue weighted by molar-refractivity contribution is 0.590. The molecular formula is C17H17N3. The van der Waals surface area contributed by atoms with Gasteiger partial charge in [0.25, 0.3) is 0 Å². The first-order chi connectivity index (χ1) is 9.93. The smallest absolute Gasteiger partial charge is 0.0729 e. The third-order valence-corrected chi connectivity index (χ3v) is 4.05. The van der Waals surface area contributed by atoms with Gasteiger partial charge >= 0.3 is 0 Å². The fraction of sp³-hybridized carbons (Fsp3) is 0.235. The Labute approximate surface area is 118 Å². The number of nitrogens with zero attached hydrogens (tertiary/aromatic N) is 2. The van der Waals surface area contributed by atoms with Gasteiger partial charge in [-0.3, -0.25) is 4.98 Å². The Morgan fingerprint density at radius 3 is 2.70 bits per heavy atom. The van der Waals surface area contributed by atoms with Crippen molar-refractivity contribution in [1.82, 2.24) is 10.3 Å². The summed E-state index contributed by atoms with van der Waals surface area (Å²) in [5, 5.41) is 7.21. The van der Waals surface area contributed by atoms with Crippen LogP contribution in [0.1, 0.15) is 0 Å². The number of hydrogen-bond acceptors (Lipinski definition) is 3. The SMILES string of the molecule is c1ccc2c(c1)cnc1cccc(N3CCNCC3)c12. The van der Waals surface area contributed by atoms with Crippen molar-refractivity contribution < 1.29 is 0 Å². The Kier molecular flexibility index (Phi) is 2.78. The van der Waals surface area contributed by atoms with E-state index in [0.29, 0.717) is 0 Å². The minimum absolute atomic E-state index is 1.05. The Morgan fingerprint density at radius 1 is 0.950 bits per heavy atom. The number of piperazine rings is 1. The fourth-order valence-corrected chi connectivity index (χ4v) is 3.06. The van der Waals surface area contributed by atoms with Crippen molar-refractivity contribution in [2.45, 2.75) is 0 Å². The molecule has 0 radical (unpaired) electrons. The summed E-state index contributed by atoms with van der Waals surface area (Å²) in [5.74, 6) is 0. The van der Waals surface area contributed by atoms with Gasteiger partial charge in [-0.15, -0.1) is 0 Å². The molecule has 0 atom stereocenters. The monoisotopic (exact) mass is 263 g/mol. The number of anilines is 1. The van der Waals surface area contributed by atoms with Gasteiger partial charge in [0.05, 0.1) is 5.52 Å². The number of aromatic nitrogens is 1. The van der Waals surface area contributed by atoms with E-state index in [1.54, 1.807) is 0 Å². The van der Waals surface area contributed by atoms with Crippen LogP contribution < -0.4 is 10.2 Å². The molecule has 4 rings (SSSR count). The number of benzene rings is 2. The summed E-state index contributed by atoms with van der Waals surface area (Å²) in [5.41, 5.74) is 2.40. The summed E-state index contributed by atoms with van der Waals surface area (Å²) in [6.07, 6.45) is 1.97. The maximum atomic E-state index is 4.62. The van der Waals surface area contributed by atoms with Crippen molar-refractivity contribution >= 4 is 27.4 Å². The first-order valence-electron chi connectivity index (χ1n) is 7.16. The molecule has 0 unspecified atom stereocenters. The zero-order chi connectivity index (χ0) is 13.4. The lowest BCUT2D eigenvalue weighted by atomic mass is 10.0. The van der Waals surface area contributed by atoms with E-state index in [4.69, 9.17) is 0 Å². The topological polar surface area (TPSA) is 28.2 Å². The van der Waals surface area contributed by atoms with E-state index in [-0.39, 0.29) is 0 Å². The largest absolute Gasteiger partial charge is 0.368 e. The highest BCUT2D eigenvalue weighted by atomic mass is 15.2. The lowest BCUT2D eigenvalue weighted by Gasteiger charge is -2.30.